The second-order valence-corrected chi connectivity index (χ2v) is 5.02. The summed E-state index contributed by atoms with van der Waals surface area (Å²) in [5.41, 5.74) is 0. The monoisotopic (exact) mass is 230 g/mol. The molecule has 1 aliphatic rings. The molecule has 1 amide bonds. The molecule has 0 aromatic heterocycles. The van der Waals surface area contributed by atoms with Crippen LogP contribution in [0.2, 0.25) is 0 Å². The second-order valence-electron chi connectivity index (χ2n) is 4.11. The summed E-state index contributed by atoms with van der Waals surface area (Å²) in [6.45, 7) is 4.04. The van der Waals surface area contributed by atoms with Crippen LogP contribution in [0, 0.1) is 5.92 Å². The normalized spacial score (nSPS) is 23.5. The quantitative estimate of drug-likeness (QED) is 0.747. The average Bonchev–Trinajstić information content (AvgIpc) is 2.29. The van der Waals surface area contributed by atoms with Crippen molar-refractivity contribution in [1.82, 2.24) is 10.6 Å². The molecule has 4 heteroatoms. The fraction of sp³-hybridized carbons (Fsp3) is 0.909. The van der Waals surface area contributed by atoms with Crippen molar-refractivity contribution in [1.29, 1.82) is 0 Å². The van der Waals surface area contributed by atoms with Crippen molar-refractivity contribution in [2.75, 3.05) is 25.1 Å². The smallest absolute Gasteiger partial charge is 0.224 e. The van der Waals surface area contributed by atoms with E-state index >= 15 is 0 Å². The van der Waals surface area contributed by atoms with Crippen LogP contribution >= 0.6 is 11.8 Å². The Morgan fingerprint density at radius 1 is 1.67 bits per heavy atom. The number of rotatable bonds is 5. The fourth-order valence-corrected chi connectivity index (χ4v) is 2.58. The number of piperidine rings is 1. The van der Waals surface area contributed by atoms with Gasteiger partial charge in [0.2, 0.25) is 5.91 Å². The first-order valence-electron chi connectivity index (χ1n) is 5.78. The Balaban J connectivity index is 2.31. The highest BCUT2D eigenvalue weighted by molar-refractivity contribution is 7.98. The third-order valence-corrected chi connectivity index (χ3v) is 3.61. The summed E-state index contributed by atoms with van der Waals surface area (Å²) in [7, 11) is 0. The minimum atomic E-state index is 0.189. The Morgan fingerprint density at radius 3 is 3.00 bits per heavy atom. The SMILES string of the molecule is CCC(CSC)NC(=O)C1CCCNC1. The molecule has 1 aliphatic heterocycles. The number of carbonyl (C=O) groups excluding carboxylic acids is 1. The average molecular weight is 230 g/mol. The molecule has 1 fully saturated rings. The van der Waals surface area contributed by atoms with Crippen LogP contribution in [-0.4, -0.2) is 37.0 Å². The van der Waals surface area contributed by atoms with Gasteiger partial charge in [0.05, 0.1) is 5.92 Å². The highest BCUT2D eigenvalue weighted by atomic mass is 32.2. The van der Waals surface area contributed by atoms with Gasteiger partial charge in [-0.1, -0.05) is 6.92 Å². The van der Waals surface area contributed by atoms with Gasteiger partial charge in [-0.25, -0.2) is 0 Å². The van der Waals surface area contributed by atoms with E-state index in [9.17, 15) is 4.79 Å². The van der Waals surface area contributed by atoms with Gasteiger partial charge in [0.1, 0.15) is 0 Å². The molecular formula is C11H22N2OS. The first-order chi connectivity index (χ1) is 7.27. The molecule has 0 radical (unpaired) electrons. The summed E-state index contributed by atoms with van der Waals surface area (Å²) in [4.78, 5) is 11.9. The number of thioether (sulfide) groups is 1. The zero-order valence-electron chi connectivity index (χ0n) is 9.71. The molecule has 15 heavy (non-hydrogen) atoms. The van der Waals surface area contributed by atoms with Crippen LogP contribution in [-0.2, 0) is 4.79 Å². The number of carbonyl (C=O) groups is 1. The Hall–Kier alpha value is -0.220. The van der Waals surface area contributed by atoms with Gasteiger partial charge in [-0.2, -0.15) is 11.8 Å². The predicted molar refractivity (Wildman–Crippen MR) is 66.2 cm³/mol. The Bertz CT molecular complexity index is 193. The Morgan fingerprint density at radius 2 is 2.47 bits per heavy atom. The Kier molecular flexibility index (Phi) is 6.10. The zero-order valence-corrected chi connectivity index (χ0v) is 10.5. The largest absolute Gasteiger partial charge is 0.352 e. The maximum atomic E-state index is 11.9. The van der Waals surface area contributed by atoms with Crippen LogP contribution in [0.25, 0.3) is 0 Å². The van der Waals surface area contributed by atoms with Gasteiger partial charge < -0.3 is 10.6 Å². The number of hydrogen-bond acceptors (Lipinski definition) is 3. The maximum Gasteiger partial charge on any atom is 0.224 e. The van der Waals surface area contributed by atoms with E-state index in [2.05, 4.69) is 23.8 Å². The van der Waals surface area contributed by atoms with Crippen LogP contribution in [0.15, 0.2) is 0 Å². The van der Waals surface area contributed by atoms with Crippen LogP contribution in [0.3, 0.4) is 0 Å². The van der Waals surface area contributed by atoms with Crippen molar-refractivity contribution in [2.24, 2.45) is 5.92 Å². The van der Waals surface area contributed by atoms with Gasteiger partial charge in [-0.15, -0.1) is 0 Å². The lowest BCUT2D eigenvalue weighted by molar-refractivity contribution is -0.126. The highest BCUT2D eigenvalue weighted by Gasteiger charge is 2.22. The van der Waals surface area contributed by atoms with E-state index in [0.717, 1.165) is 38.1 Å². The van der Waals surface area contributed by atoms with E-state index in [0.29, 0.717) is 6.04 Å². The standard InChI is InChI=1S/C11H22N2OS/c1-3-10(8-15-2)13-11(14)9-5-4-6-12-7-9/h9-10,12H,3-8H2,1-2H3,(H,13,14). The van der Waals surface area contributed by atoms with Crippen molar-refractivity contribution in [2.45, 2.75) is 32.2 Å². The van der Waals surface area contributed by atoms with Crippen molar-refractivity contribution in [3.05, 3.63) is 0 Å². The van der Waals surface area contributed by atoms with Gasteiger partial charge in [-0.3, -0.25) is 4.79 Å². The molecule has 1 saturated heterocycles. The van der Waals surface area contributed by atoms with Crippen LogP contribution in [0.1, 0.15) is 26.2 Å². The molecule has 0 aliphatic carbocycles. The van der Waals surface area contributed by atoms with E-state index in [1.165, 1.54) is 0 Å². The molecule has 0 aromatic rings. The molecule has 2 atom stereocenters. The number of nitrogens with one attached hydrogen (secondary N) is 2. The molecule has 3 nitrogen and oxygen atoms in total. The fourth-order valence-electron chi connectivity index (χ4n) is 1.86. The molecule has 1 heterocycles. The minimum absolute atomic E-state index is 0.189. The van der Waals surface area contributed by atoms with Gasteiger partial charge in [-0.05, 0) is 32.1 Å². The van der Waals surface area contributed by atoms with Crippen molar-refractivity contribution in [3.8, 4) is 0 Å². The predicted octanol–water partition coefficient (Wildman–Crippen LogP) is 1.24. The summed E-state index contributed by atoms with van der Waals surface area (Å²) in [6.07, 6.45) is 5.26. The molecule has 0 bridgehead atoms. The van der Waals surface area contributed by atoms with Crippen molar-refractivity contribution < 1.29 is 4.79 Å². The Labute approximate surface area is 96.8 Å². The van der Waals surface area contributed by atoms with Gasteiger partial charge in [0.15, 0.2) is 0 Å². The molecule has 2 unspecified atom stereocenters. The molecule has 2 N–H and O–H groups in total. The second kappa shape index (κ2) is 7.12. The summed E-state index contributed by atoms with van der Waals surface area (Å²) in [6, 6.07) is 0.342. The van der Waals surface area contributed by atoms with Crippen molar-refractivity contribution in [3.63, 3.8) is 0 Å². The zero-order chi connectivity index (χ0) is 11.1. The third kappa shape index (κ3) is 4.43. The summed E-state index contributed by atoms with van der Waals surface area (Å²) in [5.74, 6) is 1.44. The first-order valence-corrected chi connectivity index (χ1v) is 7.17. The van der Waals surface area contributed by atoms with Crippen LogP contribution in [0.5, 0.6) is 0 Å². The minimum Gasteiger partial charge on any atom is -0.352 e. The van der Waals surface area contributed by atoms with E-state index in [-0.39, 0.29) is 11.8 Å². The summed E-state index contributed by atoms with van der Waals surface area (Å²) < 4.78 is 0. The van der Waals surface area contributed by atoms with E-state index in [1.807, 2.05) is 0 Å². The van der Waals surface area contributed by atoms with Gasteiger partial charge in [0.25, 0.3) is 0 Å². The first kappa shape index (κ1) is 12.8. The van der Waals surface area contributed by atoms with E-state index in [1.54, 1.807) is 11.8 Å². The van der Waals surface area contributed by atoms with E-state index < -0.39 is 0 Å². The lowest BCUT2D eigenvalue weighted by Crippen LogP contribution is -2.45. The molecule has 0 spiro atoms. The molecule has 88 valence electrons. The molecule has 0 aromatic carbocycles. The topological polar surface area (TPSA) is 41.1 Å². The highest BCUT2D eigenvalue weighted by Crippen LogP contribution is 2.11. The lowest BCUT2D eigenvalue weighted by atomic mass is 9.98. The van der Waals surface area contributed by atoms with E-state index in [4.69, 9.17) is 0 Å². The maximum absolute atomic E-state index is 11.9. The van der Waals surface area contributed by atoms with Gasteiger partial charge >= 0.3 is 0 Å². The van der Waals surface area contributed by atoms with Crippen LogP contribution < -0.4 is 10.6 Å². The van der Waals surface area contributed by atoms with Gasteiger partial charge in [0, 0.05) is 18.3 Å². The van der Waals surface area contributed by atoms with Crippen LogP contribution in [0.4, 0.5) is 0 Å². The third-order valence-electron chi connectivity index (χ3n) is 2.87. The molecule has 1 rings (SSSR count). The summed E-state index contributed by atoms with van der Waals surface area (Å²) >= 11 is 1.79. The lowest BCUT2D eigenvalue weighted by Gasteiger charge is -2.24. The van der Waals surface area contributed by atoms with Crippen molar-refractivity contribution >= 4 is 17.7 Å². The summed E-state index contributed by atoms with van der Waals surface area (Å²) in [5, 5.41) is 6.41. The molecular weight excluding hydrogens is 208 g/mol. The number of hydrogen-bond donors (Lipinski definition) is 2. The number of amides is 1. The molecule has 0 saturated carbocycles.